The molecule has 4 nitrogen and oxygen atoms in total. The lowest BCUT2D eigenvalue weighted by molar-refractivity contribution is -0.120. The number of nitrogens with zero attached hydrogens (tertiary/aromatic N) is 1. The molecule has 1 fully saturated rings. The van der Waals surface area contributed by atoms with Gasteiger partial charge < -0.3 is 10.6 Å². The number of aromatic nitrogens is 1. The highest BCUT2D eigenvalue weighted by molar-refractivity contribution is 7.15. The van der Waals surface area contributed by atoms with Crippen molar-refractivity contribution in [2.24, 2.45) is 5.92 Å². The van der Waals surface area contributed by atoms with E-state index in [0.29, 0.717) is 6.04 Å². The Bertz CT molecular complexity index is 391. The van der Waals surface area contributed by atoms with Crippen LogP contribution in [0.5, 0.6) is 0 Å². The summed E-state index contributed by atoms with van der Waals surface area (Å²) in [6.45, 7) is 5.14. The van der Waals surface area contributed by atoms with E-state index in [4.69, 9.17) is 0 Å². The molecule has 17 heavy (non-hydrogen) atoms. The van der Waals surface area contributed by atoms with Gasteiger partial charge in [-0.2, -0.15) is 0 Å². The van der Waals surface area contributed by atoms with E-state index in [-0.39, 0.29) is 11.8 Å². The zero-order valence-corrected chi connectivity index (χ0v) is 11.1. The lowest BCUT2D eigenvalue weighted by Crippen LogP contribution is -2.40. The number of anilines is 1. The highest BCUT2D eigenvalue weighted by Gasteiger charge is 2.25. The third-order valence-corrected chi connectivity index (χ3v) is 4.18. The van der Waals surface area contributed by atoms with Gasteiger partial charge >= 0.3 is 0 Å². The van der Waals surface area contributed by atoms with Crippen LogP contribution < -0.4 is 10.6 Å². The van der Waals surface area contributed by atoms with E-state index in [2.05, 4.69) is 29.5 Å². The number of thiazole rings is 1. The maximum absolute atomic E-state index is 12.0. The molecule has 1 amide bonds. The van der Waals surface area contributed by atoms with Gasteiger partial charge in [-0.15, -0.1) is 11.3 Å². The van der Waals surface area contributed by atoms with Gasteiger partial charge in [0.05, 0.1) is 0 Å². The normalized spacial score (nSPS) is 24.6. The largest absolute Gasteiger partial charge is 0.314 e. The number of piperidine rings is 1. The quantitative estimate of drug-likeness (QED) is 0.866. The SMILES string of the molecule is CCc1cnc(NC(=O)[C@H]2CCN[C@@H](C)C2)s1. The summed E-state index contributed by atoms with van der Waals surface area (Å²) in [6.07, 6.45) is 4.64. The molecule has 1 saturated heterocycles. The number of carbonyl (C=O) groups is 1. The van der Waals surface area contributed by atoms with Gasteiger partial charge in [0.15, 0.2) is 5.13 Å². The Morgan fingerprint density at radius 1 is 1.71 bits per heavy atom. The number of amides is 1. The second kappa shape index (κ2) is 5.60. The summed E-state index contributed by atoms with van der Waals surface area (Å²) >= 11 is 1.57. The summed E-state index contributed by atoms with van der Waals surface area (Å²) in [5.41, 5.74) is 0. The zero-order chi connectivity index (χ0) is 12.3. The number of carbonyl (C=O) groups excluding carboxylic acids is 1. The van der Waals surface area contributed by atoms with Crippen LogP contribution in [0.2, 0.25) is 0 Å². The van der Waals surface area contributed by atoms with Crippen LogP contribution in [0.15, 0.2) is 6.20 Å². The van der Waals surface area contributed by atoms with Crippen LogP contribution in [0.3, 0.4) is 0 Å². The van der Waals surface area contributed by atoms with Crippen LogP contribution in [0.25, 0.3) is 0 Å². The molecule has 2 atom stereocenters. The van der Waals surface area contributed by atoms with Gasteiger partial charge in [-0.05, 0) is 32.7 Å². The number of nitrogens with one attached hydrogen (secondary N) is 2. The van der Waals surface area contributed by atoms with Gasteiger partial charge in [0.2, 0.25) is 5.91 Å². The predicted octanol–water partition coefficient (Wildman–Crippen LogP) is 2.03. The molecular formula is C12H19N3OS. The van der Waals surface area contributed by atoms with Crippen molar-refractivity contribution in [3.05, 3.63) is 11.1 Å². The third-order valence-electron chi connectivity index (χ3n) is 3.13. The average Bonchev–Trinajstić information content (AvgIpc) is 2.77. The molecular weight excluding hydrogens is 234 g/mol. The van der Waals surface area contributed by atoms with E-state index in [0.717, 1.165) is 30.9 Å². The summed E-state index contributed by atoms with van der Waals surface area (Å²) < 4.78 is 0. The van der Waals surface area contributed by atoms with Crippen LogP contribution in [-0.4, -0.2) is 23.5 Å². The highest BCUT2D eigenvalue weighted by atomic mass is 32.1. The minimum absolute atomic E-state index is 0.121. The molecule has 1 aliphatic rings. The molecule has 2 heterocycles. The smallest absolute Gasteiger partial charge is 0.229 e. The molecule has 94 valence electrons. The summed E-state index contributed by atoms with van der Waals surface area (Å²) in [5.74, 6) is 0.246. The fourth-order valence-corrected chi connectivity index (χ4v) is 2.86. The van der Waals surface area contributed by atoms with Crippen molar-refractivity contribution in [2.45, 2.75) is 39.2 Å². The van der Waals surface area contributed by atoms with Gasteiger partial charge in [-0.3, -0.25) is 4.79 Å². The Kier molecular flexibility index (Phi) is 4.12. The van der Waals surface area contributed by atoms with Crippen LogP contribution >= 0.6 is 11.3 Å². The second-order valence-electron chi connectivity index (χ2n) is 4.55. The lowest BCUT2D eigenvalue weighted by Gasteiger charge is -2.26. The average molecular weight is 253 g/mol. The van der Waals surface area contributed by atoms with Crippen molar-refractivity contribution in [3.63, 3.8) is 0 Å². The number of hydrogen-bond donors (Lipinski definition) is 2. The maximum Gasteiger partial charge on any atom is 0.229 e. The maximum atomic E-state index is 12.0. The summed E-state index contributed by atoms with van der Waals surface area (Å²) in [7, 11) is 0. The molecule has 0 unspecified atom stereocenters. The Morgan fingerprint density at radius 2 is 2.53 bits per heavy atom. The summed E-state index contributed by atoms with van der Waals surface area (Å²) in [6, 6.07) is 0.432. The van der Waals surface area contributed by atoms with E-state index in [1.54, 1.807) is 11.3 Å². The third kappa shape index (κ3) is 3.26. The number of aryl methyl sites for hydroxylation is 1. The molecule has 0 aromatic carbocycles. The minimum Gasteiger partial charge on any atom is -0.314 e. The molecule has 1 aromatic heterocycles. The molecule has 0 aliphatic carbocycles. The monoisotopic (exact) mass is 253 g/mol. The fraction of sp³-hybridized carbons (Fsp3) is 0.667. The van der Waals surface area contributed by atoms with E-state index >= 15 is 0 Å². The Balaban J connectivity index is 1.91. The van der Waals surface area contributed by atoms with E-state index in [1.165, 1.54) is 4.88 Å². The van der Waals surface area contributed by atoms with E-state index < -0.39 is 0 Å². The molecule has 0 spiro atoms. The number of hydrogen-bond acceptors (Lipinski definition) is 4. The molecule has 1 aromatic rings. The van der Waals surface area contributed by atoms with Crippen LogP contribution in [0, 0.1) is 5.92 Å². The summed E-state index contributed by atoms with van der Waals surface area (Å²) in [5, 5.41) is 7.01. The molecule has 0 saturated carbocycles. The van der Waals surface area contributed by atoms with Crippen molar-refractivity contribution in [1.29, 1.82) is 0 Å². The van der Waals surface area contributed by atoms with Gasteiger partial charge in [-0.25, -0.2) is 4.98 Å². The molecule has 2 N–H and O–H groups in total. The summed E-state index contributed by atoms with van der Waals surface area (Å²) in [4.78, 5) is 17.5. The first-order valence-electron chi connectivity index (χ1n) is 6.18. The fourth-order valence-electron chi connectivity index (χ4n) is 2.11. The predicted molar refractivity (Wildman–Crippen MR) is 70.3 cm³/mol. The van der Waals surface area contributed by atoms with E-state index in [1.807, 2.05) is 6.20 Å². The second-order valence-corrected chi connectivity index (χ2v) is 5.67. The topological polar surface area (TPSA) is 54.0 Å². The van der Waals surface area contributed by atoms with Crippen molar-refractivity contribution < 1.29 is 4.79 Å². The Hall–Kier alpha value is -0.940. The van der Waals surface area contributed by atoms with Crippen LogP contribution in [0.1, 0.15) is 31.6 Å². The van der Waals surface area contributed by atoms with E-state index in [9.17, 15) is 4.79 Å². The van der Waals surface area contributed by atoms with Gasteiger partial charge in [0, 0.05) is 23.0 Å². The van der Waals surface area contributed by atoms with Crippen molar-refractivity contribution in [2.75, 3.05) is 11.9 Å². The van der Waals surface area contributed by atoms with Crippen LogP contribution in [-0.2, 0) is 11.2 Å². The molecule has 0 bridgehead atoms. The van der Waals surface area contributed by atoms with Crippen molar-refractivity contribution >= 4 is 22.4 Å². The van der Waals surface area contributed by atoms with Gasteiger partial charge in [0.1, 0.15) is 0 Å². The van der Waals surface area contributed by atoms with Crippen LogP contribution in [0.4, 0.5) is 5.13 Å². The first-order valence-corrected chi connectivity index (χ1v) is 6.99. The van der Waals surface area contributed by atoms with Crippen molar-refractivity contribution in [3.8, 4) is 0 Å². The van der Waals surface area contributed by atoms with Gasteiger partial charge in [0.25, 0.3) is 0 Å². The van der Waals surface area contributed by atoms with Gasteiger partial charge in [-0.1, -0.05) is 6.92 Å². The first kappa shape index (κ1) is 12.5. The standard InChI is InChI=1S/C12H19N3OS/c1-3-10-7-14-12(17-10)15-11(16)9-4-5-13-8(2)6-9/h7-9,13H,3-6H2,1-2H3,(H,14,15,16)/t8-,9-/m0/s1. The lowest BCUT2D eigenvalue weighted by atomic mass is 9.93. The molecule has 0 radical (unpaired) electrons. The molecule has 1 aliphatic heterocycles. The Morgan fingerprint density at radius 3 is 3.18 bits per heavy atom. The number of rotatable bonds is 3. The molecule has 2 rings (SSSR count). The Labute approximate surface area is 106 Å². The minimum atomic E-state index is 0.121. The molecule has 5 heteroatoms. The van der Waals surface area contributed by atoms with Crippen molar-refractivity contribution in [1.82, 2.24) is 10.3 Å². The highest BCUT2D eigenvalue weighted by Crippen LogP contribution is 2.22. The first-order chi connectivity index (χ1) is 8.19. The zero-order valence-electron chi connectivity index (χ0n) is 10.3.